The summed E-state index contributed by atoms with van der Waals surface area (Å²) in [5.41, 5.74) is -1.43. The number of sulfonamides is 1. The lowest BCUT2D eigenvalue weighted by Gasteiger charge is -2.42. The number of ether oxygens (including phenoxy) is 1. The molecule has 0 amide bonds. The summed E-state index contributed by atoms with van der Waals surface area (Å²) in [5, 5.41) is 0. The SMILES string of the molecule is COc1cc(CS(=O)(=O)NC2(c3c(F)cccc3F)CCC2)sn1. The molecule has 0 unspecified atom stereocenters. The van der Waals surface area contributed by atoms with Crippen LogP contribution in [-0.2, 0) is 21.3 Å². The van der Waals surface area contributed by atoms with E-state index in [1.807, 2.05) is 0 Å². The molecule has 0 atom stereocenters. The number of benzene rings is 1. The monoisotopic (exact) mass is 374 g/mol. The van der Waals surface area contributed by atoms with Gasteiger partial charge in [0.25, 0.3) is 0 Å². The van der Waals surface area contributed by atoms with Crippen LogP contribution >= 0.6 is 11.5 Å². The molecule has 130 valence electrons. The Hall–Kier alpha value is -1.58. The maximum Gasteiger partial charge on any atom is 0.225 e. The van der Waals surface area contributed by atoms with E-state index in [1.165, 1.54) is 19.2 Å². The number of hydrogen-bond donors (Lipinski definition) is 1. The highest BCUT2D eigenvalue weighted by Gasteiger charge is 2.45. The van der Waals surface area contributed by atoms with Crippen LogP contribution in [0.3, 0.4) is 0 Å². The van der Waals surface area contributed by atoms with Crippen molar-refractivity contribution in [2.24, 2.45) is 0 Å². The highest BCUT2D eigenvalue weighted by atomic mass is 32.2. The Labute approximate surface area is 142 Å². The van der Waals surface area contributed by atoms with Gasteiger partial charge in [0.1, 0.15) is 17.4 Å². The lowest BCUT2D eigenvalue weighted by atomic mass is 9.72. The Kier molecular flexibility index (Phi) is 4.58. The largest absolute Gasteiger partial charge is 0.480 e. The third kappa shape index (κ3) is 3.28. The quantitative estimate of drug-likeness (QED) is 0.844. The first-order valence-corrected chi connectivity index (χ1v) is 9.73. The standard InChI is InChI=1S/C15H16F2N2O3S2/c1-22-13-8-10(23-18-13)9-24(20,21)19-15(6-3-7-15)14-11(16)4-2-5-12(14)17/h2,4-5,8,19H,3,6-7,9H2,1H3. The van der Waals surface area contributed by atoms with Crippen molar-refractivity contribution < 1.29 is 21.9 Å². The number of hydrogen-bond acceptors (Lipinski definition) is 5. The van der Waals surface area contributed by atoms with Gasteiger partial charge in [-0.2, -0.15) is 4.37 Å². The Bertz CT molecular complexity index is 828. The molecule has 0 radical (unpaired) electrons. The Morgan fingerprint density at radius 1 is 1.33 bits per heavy atom. The number of halogens is 2. The molecule has 1 heterocycles. The van der Waals surface area contributed by atoms with Crippen LogP contribution in [0.4, 0.5) is 8.78 Å². The molecule has 1 aromatic heterocycles. The van der Waals surface area contributed by atoms with E-state index in [9.17, 15) is 17.2 Å². The predicted molar refractivity (Wildman–Crippen MR) is 86.3 cm³/mol. The molecule has 0 aliphatic heterocycles. The number of aromatic nitrogens is 1. The summed E-state index contributed by atoms with van der Waals surface area (Å²) in [4.78, 5) is 0.489. The molecule has 1 saturated carbocycles. The average Bonchev–Trinajstić information content (AvgIpc) is 2.90. The molecule has 2 aromatic rings. The van der Waals surface area contributed by atoms with Crippen molar-refractivity contribution in [3.63, 3.8) is 0 Å². The molecule has 9 heteroatoms. The minimum absolute atomic E-state index is 0.207. The van der Waals surface area contributed by atoms with Gasteiger partial charge in [0.2, 0.25) is 15.9 Å². The number of methoxy groups -OCH3 is 1. The third-order valence-corrected chi connectivity index (χ3v) is 6.42. The van der Waals surface area contributed by atoms with Gasteiger partial charge in [0.05, 0.1) is 12.6 Å². The Morgan fingerprint density at radius 2 is 2.00 bits per heavy atom. The second-order valence-electron chi connectivity index (χ2n) is 5.73. The number of nitrogens with one attached hydrogen (secondary N) is 1. The van der Waals surface area contributed by atoms with Crippen LogP contribution in [0.5, 0.6) is 5.88 Å². The summed E-state index contributed by atoms with van der Waals surface area (Å²) >= 11 is 1.01. The van der Waals surface area contributed by atoms with E-state index in [0.29, 0.717) is 30.0 Å². The number of nitrogens with zero attached hydrogens (tertiary/aromatic N) is 1. The molecule has 1 aliphatic carbocycles. The summed E-state index contributed by atoms with van der Waals surface area (Å²) in [5.74, 6) is -1.45. The van der Waals surface area contributed by atoms with Crippen LogP contribution in [0, 0.1) is 11.6 Å². The van der Waals surface area contributed by atoms with Gasteiger partial charge in [0.15, 0.2) is 0 Å². The van der Waals surface area contributed by atoms with Crippen LogP contribution in [0.1, 0.15) is 29.7 Å². The fraction of sp³-hybridized carbons (Fsp3) is 0.400. The maximum absolute atomic E-state index is 14.1. The fourth-order valence-corrected chi connectivity index (χ4v) is 5.46. The van der Waals surface area contributed by atoms with Crippen LogP contribution in [0.25, 0.3) is 0 Å². The Balaban J connectivity index is 1.86. The normalized spacial score (nSPS) is 16.6. The van der Waals surface area contributed by atoms with Crippen LogP contribution in [-0.4, -0.2) is 19.9 Å². The predicted octanol–water partition coefficient (Wildman–Crippen LogP) is 2.93. The molecule has 0 spiro atoms. The molecule has 5 nitrogen and oxygen atoms in total. The lowest BCUT2D eigenvalue weighted by molar-refractivity contribution is 0.209. The molecule has 0 bridgehead atoms. The summed E-state index contributed by atoms with van der Waals surface area (Å²) in [6, 6.07) is 5.07. The van der Waals surface area contributed by atoms with Crippen LogP contribution in [0.2, 0.25) is 0 Å². The van der Waals surface area contributed by atoms with Crippen molar-refractivity contribution in [1.29, 1.82) is 0 Å². The average molecular weight is 374 g/mol. The van der Waals surface area contributed by atoms with E-state index < -0.39 is 27.2 Å². The first kappa shape index (κ1) is 17.2. The zero-order valence-corrected chi connectivity index (χ0v) is 14.5. The van der Waals surface area contributed by atoms with Gasteiger partial charge in [-0.15, -0.1) is 0 Å². The van der Waals surface area contributed by atoms with E-state index in [4.69, 9.17) is 4.74 Å². The summed E-state index contributed by atoms with van der Waals surface area (Å²) in [6.07, 6.45) is 1.41. The molecule has 3 rings (SSSR count). The Morgan fingerprint density at radius 3 is 2.50 bits per heavy atom. The van der Waals surface area contributed by atoms with Crippen LogP contribution in [0.15, 0.2) is 24.3 Å². The summed E-state index contributed by atoms with van der Waals surface area (Å²) in [7, 11) is -2.36. The van der Waals surface area contributed by atoms with E-state index in [0.717, 1.165) is 23.7 Å². The van der Waals surface area contributed by atoms with Gasteiger partial charge in [0, 0.05) is 16.5 Å². The molecule has 1 fully saturated rings. The molecular weight excluding hydrogens is 358 g/mol. The van der Waals surface area contributed by atoms with Crippen LogP contribution < -0.4 is 9.46 Å². The van der Waals surface area contributed by atoms with Crippen molar-refractivity contribution in [3.05, 3.63) is 46.3 Å². The molecular formula is C15H16F2N2O3S2. The zero-order chi connectivity index (χ0) is 17.4. The fourth-order valence-electron chi connectivity index (χ4n) is 2.87. The molecule has 1 aromatic carbocycles. The van der Waals surface area contributed by atoms with Crippen molar-refractivity contribution in [2.75, 3.05) is 7.11 Å². The summed E-state index contributed by atoms with van der Waals surface area (Å²) < 4.78 is 64.6. The van der Waals surface area contributed by atoms with Crippen molar-refractivity contribution >= 4 is 21.6 Å². The topological polar surface area (TPSA) is 68.3 Å². The maximum atomic E-state index is 14.1. The van der Waals surface area contributed by atoms with Gasteiger partial charge in [-0.05, 0) is 42.9 Å². The first-order valence-electron chi connectivity index (χ1n) is 7.31. The second-order valence-corrected chi connectivity index (χ2v) is 8.34. The molecule has 1 N–H and O–H groups in total. The zero-order valence-electron chi connectivity index (χ0n) is 12.9. The van der Waals surface area contributed by atoms with E-state index >= 15 is 0 Å². The lowest BCUT2D eigenvalue weighted by Crippen LogP contribution is -2.52. The molecule has 1 aliphatic rings. The van der Waals surface area contributed by atoms with E-state index in [2.05, 4.69) is 9.10 Å². The second kappa shape index (κ2) is 6.38. The molecule has 24 heavy (non-hydrogen) atoms. The van der Waals surface area contributed by atoms with Gasteiger partial charge in [-0.1, -0.05) is 6.07 Å². The summed E-state index contributed by atoms with van der Waals surface area (Å²) in [6.45, 7) is 0. The third-order valence-electron chi connectivity index (χ3n) is 4.08. The van der Waals surface area contributed by atoms with E-state index in [-0.39, 0.29) is 11.3 Å². The molecule has 0 saturated heterocycles. The smallest absolute Gasteiger partial charge is 0.225 e. The van der Waals surface area contributed by atoms with Gasteiger partial charge < -0.3 is 4.74 Å². The van der Waals surface area contributed by atoms with Crippen molar-refractivity contribution in [3.8, 4) is 5.88 Å². The van der Waals surface area contributed by atoms with Gasteiger partial charge in [-0.25, -0.2) is 21.9 Å². The van der Waals surface area contributed by atoms with Crippen molar-refractivity contribution in [1.82, 2.24) is 9.10 Å². The number of rotatable bonds is 6. The van der Waals surface area contributed by atoms with Crippen molar-refractivity contribution in [2.45, 2.75) is 30.6 Å². The highest BCUT2D eigenvalue weighted by Crippen LogP contribution is 2.44. The van der Waals surface area contributed by atoms with E-state index in [1.54, 1.807) is 0 Å². The highest BCUT2D eigenvalue weighted by molar-refractivity contribution is 7.88. The van der Waals surface area contributed by atoms with Gasteiger partial charge >= 0.3 is 0 Å². The first-order chi connectivity index (χ1) is 11.4. The minimum Gasteiger partial charge on any atom is -0.480 e. The minimum atomic E-state index is -3.80. The van der Waals surface area contributed by atoms with Gasteiger partial charge in [-0.3, -0.25) is 0 Å².